The van der Waals surface area contributed by atoms with Gasteiger partial charge in [-0.2, -0.15) is 0 Å². The number of allylic oxidation sites excluding steroid dienone is 2. The Hall–Kier alpha value is -2.38. The molecule has 1 fully saturated rings. The minimum absolute atomic E-state index is 0.161. The molecule has 0 N–H and O–H groups in total. The van der Waals surface area contributed by atoms with Crippen LogP contribution in [0.15, 0.2) is 59.7 Å². The molecule has 0 heterocycles. The van der Waals surface area contributed by atoms with Crippen molar-refractivity contribution in [3.05, 3.63) is 70.8 Å². The maximum Gasteiger partial charge on any atom is 0.185 e. The summed E-state index contributed by atoms with van der Waals surface area (Å²) in [4.78, 5) is 13.0. The summed E-state index contributed by atoms with van der Waals surface area (Å²) >= 11 is 0. The zero-order chi connectivity index (χ0) is 26.2. The molecule has 0 aromatic heterocycles. The van der Waals surface area contributed by atoms with E-state index in [0.717, 1.165) is 72.7 Å². The number of benzene rings is 2. The highest BCUT2D eigenvalue weighted by atomic mass is 28.3. The monoisotopic (exact) mass is 520 g/mol. The lowest BCUT2D eigenvalue weighted by molar-refractivity contribution is -0.111. The Morgan fingerprint density at radius 3 is 1.33 bits per heavy atom. The van der Waals surface area contributed by atoms with E-state index in [0.29, 0.717) is 0 Å². The van der Waals surface area contributed by atoms with Gasteiger partial charge in [-0.15, -0.1) is 0 Å². The average molecular weight is 521 g/mol. The third kappa shape index (κ3) is 9.94. The number of Topliss-reactive ketones (excluding diaryl/α,β-unsaturated/α-hetero) is 1. The second kappa shape index (κ2) is 12.7. The SMILES string of the molecule is C[Si](C)(C)CCCOc1ccc(/C=C2/CC/C(=C\c3ccc(OCCC[Si](C)(C)C)cc3)C2=O)cc1. The van der Waals surface area contributed by atoms with Gasteiger partial charge in [0.2, 0.25) is 0 Å². The lowest BCUT2D eigenvalue weighted by Gasteiger charge is -2.15. The van der Waals surface area contributed by atoms with Crippen LogP contribution in [-0.4, -0.2) is 35.1 Å². The molecule has 1 aliphatic carbocycles. The lowest BCUT2D eigenvalue weighted by Crippen LogP contribution is -2.19. The molecule has 3 nitrogen and oxygen atoms in total. The third-order valence-corrected chi connectivity index (χ3v) is 10.1. The molecule has 2 aromatic carbocycles. The predicted octanol–water partition coefficient (Wildman–Crippen LogP) is 8.73. The zero-order valence-corrected chi connectivity index (χ0v) is 25.2. The van der Waals surface area contributed by atoms with E-state index >= 15 is 0 Å². The second-order valence-corrected chi connectivity index (χ2v) is 23.6. The van der Waals surface area contributed by atoms with Gasteiger partial charge in [-0.3, -0.25) is 4.79 Å². The lowest BCUT2D eigenvalue weighted by atomic mass is 10.1. The van der Waals surface area contributed by atoms with Gasteiger partial charge >= 0.3 is 0 Å². The first-order valence-electron chi connectivity index (χ1n) is 13.4. The van der Waals surface area contributed by atoms with Crippen molar-refractivity contribution in [2.24, 2.45) is 0 Å². The van der Waals surface area contributed by atoms with E-state index in [4.69, 9.17) is 9.47 Å². The molecule has 0 atom stereocenters. The summed E-state index contributed by atoms with van der Waals surface area (Å²) in [6.45, 7) is 15.9. The number of ether oxygens (including phenoxy) is 2. The fraction of sp³-hybridized carbons (Fsp3) is 0.452. The Bertz CT molecular complexity index is 967. The first-order chi connectivity index (χ1) is 17.0. The fourth-order valence-electron chi connectivity index (χ4n) is 4.29. The highest BCUT2D eigenvalue weighted by Crippen LogP contribution is 2.30. The first kappa shape index (κ1) is 28.2. The number of carbonyl (C=O) groups excluding carboxylic acids is 1. The van der Waals surface area contributed by atoms with Crippen LogP contribution in [0.4, 0.5) is 0 Å². The van der Waals surface area contributed by atoms with Gasteiger partial charge in [0.1, 0.15) is 11.5 Å². The van der Waals surface area contributed by atoms with Crippen molar-refractivity contribution in [2.45, 2.75) is 77.1 Å². The van der Waals surface area contributed by atoms with Gasteiger partial charge in [-0.05, 0) is 73.2 Å². The molecule has 36 heavy (non-hydrogen) atoms. The molecule has 1 saturated carbocycles. The summed E-state index contributed by atoms with van der Waals surface area (Å²) < 4.78 is 11.8. The molecule has 0 saturated heterocycles. The minimum atomic E-state index is -1.01. The smallest absolute Gasteiger partial charge is 0.185 e. The summed E-state index contributed by atoms with van der Waals surface area (Å²) in [6, 6.07) is 18.7. The van der Waals surface area contributed by atoms with E-state index in [1.807, 2.05) is 60.7 Å². The van der Waals surface area contributed by atoms with Crippen molar-refractivity contribution in [1.29, 1.82) is 0 Å². The largest absolute Gasteiger partial charge is 0.494 e. The van der Waals surface area contributed by atoms with Crippen LogP contribution in [0.1, 0.15) is 36.8 Å². The number of rotatable bonds is 12. The van der Waals surface area contributed by atoms with Crippen LogP contribution in [0.25, 0.3) is 12.2 Å². The normalized spacial score (nSPS) is 16.7. The highest BCUT2D eigenvalue weighted by Gasteiger charge is 2.23. The summed E-state index contributed by atoms with van der Waals surface area (Å²) in [7, 11) is -2.01. The summed E-state index contributed by atoms with van der Waals surface area (Å²) in [6.07, 6.45) is 7.85. The Morgan fingerprint density at radius 2 is 1.00 bits per heavy atom. The van der Waals surface area contributed by atoms with Crippen molar-refractivity contribution in [2.75, 3.05) is 13.2 Å². The molecule has 0 bridgehead atoms. The van der Waals surface area contributed by atoms with Crippen LogP contribution in [0, 0.1) is 0 Å². The van der Waals surface area contributed by atoms with Crippen molar-refractivity contribution in [3.8, 4) is 11.5 Å². The number of hydrogen-bond acceptors (Lipinski definition) is 3. The van der Waals surface area contributed by atoms with Gasteiger partial charge in [0, 0.05) is 27.3 Å². The van der Waals surface area contributed by atoms with Gasteiger partial charge in [0.05, 0.1) is 13.2 Å². The van der Waals surface area contributed by atoms with E-state index in [2.05, 4.69) is 39.3 Å². The average Bonchev–Trinajstić information content (AvgIpc) is 3.14. The predicted molar refractivity (Wildman–Crippen MR) is 160 cm³/mol. The van der Waals surface area contributed by atoms with E-state index in [-0.39, 0.29) is 5.78 Å². The van der Waals surface area contributed by atoms with Crippen molar-refractivity contribution < 1.29 is 14.3 Å². The second-order valence-electron chi connectivity index (χ2n) is 12.3. The number of hydrogen-bond donors (Lipinski definition) is 0. The van der Waals surface area contributed by atoms with Gasteiger partial charge in [-0.25, -0.2) is 0 Å². The molecule has 194 valence electrons. The summed E-state index contributed by atoms with van der Waals surface area (Å²) in [5.41, 5.74) is 3.86. The van der Waals surface area contributed by atoms with E-state index in [1.165, 1.54) is 12.1 Å². The van der Waals surface area contributed by atoms with Crippen molar-refractivity contribution in [1.82, 2.24) is 0 Å². The van der Waals surface area contributed by atoms with Crippen LogP contribution in [-0.2, 0) is 4.79 Å². The standard InChI is InChI=1S/C31H44O3Si2/c1-35(2,3)21-7-19-33-29-15-9-25(10-16-29)23-27-13-14-28(31(27)32)24-26-11-17-30(18-12-26)34-20-8-22-36(4,5)6/h9-12,15-18,23-24H,7-8,13-14,19-22H2,1-6H3/b27-23-,28-24+. The fourth-order valence-corrected chi connectivity index (χ4v) is 6.70. The van der Waals surface area contributed by atoms with Gasteiger partial charge in [-0.1, -0.05) is 75.6 Å². The topological polar surface area (TPSA) is 35.5 Å². The maximum absolute atomic E-state index is 13.0. The number of carbonyl (C=O) groups is 1. The van der Waals surface area contributed by atoms with E-state index < -0.39 is 16.1 Å². The Labute approximate surface area is 220 Å². The van der Waals surface area contributed by atoms with Gasteiger partial charge < -0.3 is 9.47 Å². The zero-order valence-electron chi connectivity index (χ0n) is 23.2. The Morgan fingerprint density at radius 1 is 0.639 bits per heavy atom. The molecule has 0 unspecified atom stereocenters. The van der Waals surface area contributed by atoms with E-state index in [9.17, 15) is 4.79 Å². The molecule has 1 aliphatic rings. The van der Waals surface area contributed by atoms with Crippen LogP contribution in [0.5, 0.6) is 11.5 Å². The van der Waals surface area contributed by atoms with Crippen LogP contribution in [0.2, 0.25) is 51.4 Å². The summed E-state index contributed by atoms with van der Waals surface area (Å²) in [5, 5.41) is 0. The Kier molecular flexibility index (Phi) is 9.97. The quantitative estimate of drug-likeness (QED) is 0.159. The molecule has 5 heteroatoms. The molecule has 0 aliphatic heterocycles. The van der Waals surface area contributed by atoms with Crippen molar-refractivity contribution >= 4 is 34.1 Å². The van der Waals surface area contributed by atoms with Gasteiger partial charge in [0.25, 0.3) is 0 Å². The summed E-state index contributed by atoms with van der Waals surface area (Å²) in [5.74, 6) is 1.96. The molecule has 0 spiro atoms. The van der Waals surface area contributed by atoms with E-state index in [1.54, 1.807) is 0 Å². The molecule has 0 amide bonds. The first-order valence-corrected chi connectivity index (χ1v) is 20.8. The third-order valence-electron chi connectivity index (χ3n) is 6.37. The van der Waals surface area contributed by atoms with Gasteiger partial charge in [0.15, 0.2) is 5.78 Å². The number of ketones is 1. The molecule has 0 radical (unpaired) electrons. The molecular weight excluding hydrogens is 477 g/mol. The van der Waals surface area contributed by atoms with Crippen molar-refractivity contribution in [3.63, 3.8) is 0 Å². The molecular formula is C31H44O3Si2. The molecule has 2 aromatic rings. The highest BCUT2D eigenvalue weighted by molar-refractivity contribution is 6.76. The minimum Gasteiger partial charge on any atom is -0.494 e. The maximum atomic E-state index is 13.0. The molecule has 3 rings (SSSR count). The van der Waals surface area contributed by atoms with Crippen LogP contribution < -0.4 is 9.47 Å². The van der Waals surface area contributed by atoms with Crippen LogP contribution >= 0.6 is 0 Å². The van der Waals surface area contributed by atoms with Crippen LogP contribution in [0.3, 0.4) is 0 Å². The Balaban J connectivity index is 1.51.